The number of fused-ring (bicyclic) bond motifs is 15. The van der Waals surface area contributed by atoms with E-state index in [0.717, 1.165) is 67.2 Å². The fourth-order valence-corrected chi connectivity index (χ4v) is 20.2. The minimum absolute atomic E-state index is 0. The molecule has 1 aromatic heterocycles. The van der Waals surface area contributed by atoms with Crippen LogP contribution in [0.3, 0.4) is 0 Å². The lowest BCUT2D eigenvalue weighted by Gasteiger charge is -2.31. The first-order valence-electron chi connectivity index (χ1n) is 41.1. The second kappa shape index (κ2) is 27.9. The predicted octanol–water partition coefficient (Wildman–Crippen LogP) is 32.4. The summed E-state index contributed by atoms with van der Waals surface area (Å²) in [6.07, 6.45) is 0. The van der Waals surface area contributed by atoms with Gasteiger partial charge in [-0.1, -0.05) is 361 Å². The van der Waals surface area contributed by atoms with E-state index >= 15 is 0 Å². The third-order valence-electron chi connectivity index (χ3n) is 26.0. The van der Waals surface area contributed by atoms with Crippen molar-refractivity contribution in [1.82, 2.24) is 0 Å². The van der Waals surface area contributed by atoms with E-state index in [1.165, 1.54) is 161 Å². The van der Waals surface area contributed by atoms with Crippen LogP contribution >= 0.6 is 0 Å². The summed E-state index contributed by atoms with van der Waals surface area (Å²) in [6.45, 7) is 7.14. The lowest BCUT2D eigenvalue weighted by atomic mass is 9.74. The van der Waals surface area contributed by atoms with Crippen LogP contribution in [0.4, 0.5) is 34.1 Å². The maximum absolute atomic E-state index is 6.47. The van der Waals surface area contributed by atoms with E-state index in [4.69, 9.17) is 4.42 Å². The highest BCUT2D eigenvalue weighted by molar-refractivity contribution is 6.20. The van der Waals surface area contributed by atoms with Crippen molar-refractivity contribution in [3.8, 4) is 122 Å². The van der Waals surface area contributed by atoms with Crippen LogP contribution in [0.2, 0.25) is 0 Å². The molecule has 0 saturated heterocycles. The molecule has 19 aromatic carbocycles. The van der Waals surface area contributed by atoms with Crippen molar-refractivity contribution in [3.63, 3.8) is 0 Å². The number of anilines is 6. The van der Waals surface area contributed by atoms with Gasteiger partial charge >= 0.3 is 0 Å². The summed E-state index contributed by atoms with van der Waals surface area (Å²) < 4.78 is 6.47. The first-order valence-corrected chi connectivity index (χ1v) is 41.1. The highest BCUT2D eigenvalue weighted by Gasteiger charge is 2.42. The van der Waals surface area contributed by atoms with Gasteiger partial charge in [-0.2, -0.15) is 0 Å². The Balaban J connectivity index is 0.000000143. The average molecular weight is 1520 g/mol. The molecule has 0 amide bonds. The standard InChI is InChI=1S/C61H41NO.C54H37N.CH4/c1-61(2)56-36-41(38-12-4-3-5-13-38)26-32-49(56)50-33-31-44(37-57(50)61)62(43-29-24-40(25-30-43)46-17-10-20-55-51-16-8-9-21-58(51)63-60(46)55)42-27-22-39(23-28-42)45-34-35-54-48-15-7-6-14-47(48)53-19-11-18-52(45)59(53)54;1-54(38-17-6-3-7-18-38)50-25-12-10-22-45(50)46-32-31-40(35-51(46)54)55(52-26-13-11-19-42(52)36-15-4-2-5-16-36)39-29-27-37(28-30-39)41-33-34-49-44-21-9-8-20-43(44)48-24-14-23-47(41)53(48)49;/h3-37H,1-2H3;2-35H,1H3;1H4. The van der Waals surface area contributed by atoms with Crippen molar-refractivity contribution in [2.45, 2.75) is 39.0 Å². The molecular weight excluding hydrogens is 1440 g/mol. The van der Waals surface area contributed by atoms with Crippen LogP contribution in [0.1, 0.15) is 56.0 Å². The van der Waals surface area contributed by atoms with Crippen LogP contribution in [0.15, 0.2) is 423 Å². The van der Waals surface area contributed by atoms with Gasteiger partial charge in [0.15, 0.2) is 0 Å². The summed E-state index contributed by atoms with van der Waals surface area (Å²) in [5, 5.41) is 7.56. The Morgan fingerprint density at radius 2 is 0.563 bits per heavy atom. The maximum atomic E-state index is 6.47. The molecular formula is C116H82N2O. The molecule has 0 radical (unpaired) electrons. The lowest BCUT2D eigenvalue weighted by Crippen LogP contribution is -2.22. The predicted molar refractivity (Wildman–Crippen MR) is 502 cm³/mol. The topological polar surface area (TPSA) is 19.6 Å². The summed E-state index contributed by atoms with van der Waals surface area (Å²) in [5.41, 5.74) is 42.5. The molecule has 562 valence electrons. The number of hydrogen-bond donors (Lipinski definition) is 0. The van der Waals surface area contributed by atoms with Crippen LogP contribution in [0.25, 0.3) is 166 Å². The van der Waals surface area contributed by atoms with Gasteiger partial charge in [0.25, 0.3) is 0 Å². The second-order valence-electron chi connectivity index (χ2n) is 32.6. The first kappa shape index (κ1) is 70.7. The third-order valence-corrected chi connectivity index (χ3v) is 26.0. The number of benzene rings is 19. The Kier molecular flexibility index (Phi) is 16.6. The summed E-state index contributed by atoms with van der Waals surface area (Å²) in [4.78, 5) is 4.86. The molecule has 1 unspecified atom stereocenters. The number of hydrogen-bond acceptors (Lipinski definition) is 3. The largest absolute Gasteiger partial charge is 0.455 e. The zero-order valence-electron chi connectivity index (χ0n) is 65.6. The molecule has 20 aromatic rings. The van der Waals surface area contributed by atoms with Crippen molar-refractivity contribution in [1.29, 1.82) is 0 Å². The van der Waals surface area contributed by atoms with Crippen LogP contribution in [0.5, 0.6) is 0 Å². The number of nitrogens with zero attached hydrogens (tertiary/aromatic N) is 2. The highest BCUT2D eigenvalue weighted by atomic mass is 16.3. The first-order chi connectivity index (χ1) is 58.2. The molecule has 4 aliphatic carbocycles. The van der Waals surface area contributed by atoms with Gasteiger partial charge in [-0.3, -0.25) is 0 Å². The van der Waals surface area contributed by atoms with E-state index in [9.17, 15) is 0 Å². The van der Waals surface area contributed by atoms with Crippen molar-refractivity contribution in [2.75, 3.05) is 9.80 Å². The molecule has 0 N–H and O–H groups in total. The van der Waals surface area contributed by atoms with Crippen LogP contribution in [0, 0.1) is 0 Å². The van der Waals surface area contributed by atoms with Gasteiger partial charge in [0.1, 0.15) is 11.2 Å². The summed E-state index contributed by atoms with van der Waals surface area (Å²) in [7, 11) is 0. The molecule has 24 rings (SSSR count). The van der Waals surface area contributed by atoms with E-state index in [-0.39, 0.29) is 18.3 Å². The van der Waals surface area contributed by atoms with E-state index in [1.54, 1.807) is 0 Å². The van der Waals surface area contributed by atoms with Crippen molar-refractivity contribution in [2.24, 2.45) is 0 Å². The Hall–Kier alpha value is -14.9. The van der Waals surface area contributed by atoms with E-state index in [2.05, 4.69) is 437 Å². The number of para-hydroxylation sites is 3. The summed E-state index contributed by atoms with van der Waals surface area (Å²) in [6, 6.07) is 154. The third kappa shape index (κ3) is 11.2. The Labute approximate surface area is 695 Å². The SMILES string of the molecule is C.CC1(C)c2cc(-c3ccccc3)ccc2-c2ccc(N(c3ccc(-c4ccc5c6c(cccc46)-c4ccccc4-5)cc3)c3ccc(-c4cccc5c4oc4ccccc45)cc3)cc21.CC1(c2ccccc2)c2ccccc2-c2ccc(N(c3ccc(-c4ccc5c6c(cccc46)-c4ccccc4-5)cc3)c3ccccc3-c3ccccc3)cc21. The van der Waals surface area contributed by atoms with Gasteiger partial charge in [-0.15, -0.1) is 0 Å². The van der Waals surface area contributed by atoms with Gasteiger partial charge < -0.3 is 14.2 Å². The molecule has 0 fully saturated rings. The van der Waals surface area contributed by atoms with Crippen molar-refractivity contribution in [3.05, 3.63) is 446 Å². The van der Waals surface area contributed by atoms with Gasteiger partial charge in [0.2, 0.25) is 0 Å². The van der Waals surface area contributed by atoms with Crippen LogP contribution in [-0.4, -0.2) is 0 Å². The quantitative estimate of drug-likeness (QED) is 0.122. The smallest absolute Gasteiger partial charge is 0.143 e. The fourth-order valence-electron chi connectivity index (χ4n) is 20.2. The van der Waals surface area contributed by atoms with E-state index < -0.39 is 0 Å². The fraction of sp³-hybridized carbons (Fsp3) is 0.0517. The normalized spacial score (nSPS) is 13.7. The monoisotopic (exact) mass is 1520 g/mol. The average Bonchev–Trinajstić information content (AvgIpc) is 1.58. The molecule has 1 atom stereocenters. The van der Waals surface area contributed by atoms with Crippen molar-refractivity contribution >= 4 is 77.6 Å². The minimum Gasteiger partial charge on any atom is -0.455 e. The summed E-state index contributed by atoms with van der Waals surface area (Å²) >= 11 is 0. The van der Waals surface area contributed by atoms with E-state index in [0.29, 0.717) is 0 Å². The Morgan fingerprint density at radius 3 is 1.14 bits per heavy atom. The molecule has 119 heavy (non-hydrogen) atoms. The van der Waals surface area contributed by atoms with E-state index in [1.807, 2.05) is 12.1 Å². The molecule has 0 spiro atoms. The molecule has 0 aliphatic heterocycles. The van der Waals surface area contributed by atoms with Crippen LogP contribution in [-0.2, 0) is 10.8 Å². The lowest BCUT2D eigenvalue weighted by molar-refractivity contribution is 0.660. The Morgan fingerprint density at radius 1 is 0.210 bits per heavy atom. The number of furan rings is 1. The molecule has 3 heteroatoms. The summed E-state index contributed by atoms with van der Waals surface area (Å²) in [5.74, 6) is 0. The molecule has 1 heterocycles. The molecule has 0 bridgehead atoms. The Bertz CT molecular complexity index is 7380. The molecule has 4 aliphatic rings. The zero-order valence-corrected chi connectivity index (χ0v) is 65.6. The highest BCUT2D eigenvalue weighted by Crippen LogP contribution is 2.58. The minimum atomic E-state index is -0.299. The van der Waals surface area contributed by atoms with Gasteiger partial charge in [-0.05, 0) is 246 Å². The van der Waals surface area contributed by atoms with Gasteiger partial charge in [0.05, 0.1) is 5.69 Å². The van der Waals surface area contributed by atoms with Gasteiger partial charge in [0, 0.05) is 61.2 Å². The zero-order chi connectivity index (χ0) is 78.3. The van der Waals surface area contributed by atoms with Gasteiger partial charge in [-0.25, -0.2) is 0 Å². The number of rotatable bonds is 12. The maximum Gasteiger partial charge on any atom is 0.143 e. The molecule has 0 saturated carbocycles. The van der Waals surface area contributed by atoms with Crippen LogP contribution < -0.4 is 9.80 Å². The molecule has 3 nitrogen and oxygen atoms in total. The van der Waals surface area contributed by atoms with Crippen molar-refractivity contribution < 1.29 is 4.42 Å². The second-order valence-corrected chi connectivity index (χ2v) is 32.6.